The summed E-state index contributed by atoms with van der Waals surface area (Å²) in [6.45, 7) is 3.97. The second-order valence-electron chi connectivity index (χ2n) is 3.14. The van der Waals surface area contributed by atoms with E-state index < -0.39 is 0 Å². The van der Waals surface area contributed by atoms with Crippen LogP contribution >= 0.6 is 0 Å². The second kappa shape index (κ2) is 3.81. The molecule has 0 aliphatic carbocycles. The fourth-order valence-corrected chi connectivity index (χ4v) is 1.03. The van der Waals surface area contributed by atoms with E-state index in [4.69, 9.17) is 5.26 Å². The highest BCUT2D eigenvalue weighted by molar-refractivity contribution is 5.58. The van der Waals surface area contributed by atoms with Crippen LogP contribution in [-0.4, -0.2) is 11.1 Å². The molecule has 0 amide bonds. The maximum absolute atomic E-state index is 9.46. The number of benzene rings is 1. The number of hydrogen-bond donors (Lipinski definition) is 2. The van der Waals surface area contributed by atoms with Crippen molar-refractivity contribution in [2.75, 3.05) is 5.32 Å². The number of nitriles is 1. The summed E-state index contributed by atoms with van der Waals surface area (Å²) >= 11 is 0. The van der Waals surface area contributed by atoms with Gasteiger partial charge in [-0.15, -0.1) is 0 Å². The first kappa shape index (κ1) is 9.40. The normalized spacial score (nSPS) is 9.69. The van der Waals surface area contributed by atoms with Crippen molar-refractivity contribution in [3.63, 3.8) is 0 Å². The van der Waals surface area contributed by atoms with E-state index in [1.165, 1.54) is 6.07 Å². The van der Waals surface area contributed by atoms with Crippen molar-refractivity contribution >= 4 is 5.69 Å². The molecule has 0 heterocycles. The summed E-state index contributed by atoms with van der Waals surface area (Å²) in [6, 6.07) is 7.05. The number of anilines is 1. The molecule has 0 atom stereocenters. The first-order valence-corrected chi connectivity index (χ1v) is 4.13. The third kappa shape index (κ3) is 2.38. The van der Waals surface area contributed by atoms with Gasteiger partial charge in [0.15, 0.2) is 0 Å². The Labute approximate surface area is 77.6 Å². The molecule has 2 N–H and O–H groups in total. The molecule has 0 bridgehead atoms. The monoisotopic (exact) mass is 176 g/mol. The molecule has 0 unspecified atom stereocenters. The lowest BCUT2D eigenvalue weighted by Crippen LogP contribution is -2.09. The summed E-state index contributed by atoms with van der Waals surface area (Å²) in [5.41, 5.74) is 1.13. The van der Waals surface area contributed by atoms with Gasteiger partial charge >= 0.3 is 0 Å². The lowest BCUT2D eigenvalue weighted by molar-refractivity contribution is 0.476. The van der Waals surface area contributed by atoms with Gasteiger partial charge in [0.1, 0.15) is 5.75 Å². The first-order chi connectivity index (χ1) is 6.13. The smallest absolute Gasteiger partial charge is 0.139 e. The molecule has 68 valence electrons. The maximum Gasteiger partial charge on any atom is 0.139 e. The van der Waals surface area contributed by atoms with Crippen molar-refractivity contribution in [2.45, 2.75) is 19.9 Å². The van der Waals surface area contributed by atoms with E-state index in [9.17, 15) is 5.11 Å². The lowest BCUT2D eigenvalue weighted by Gasteiger charge is -2.11. The Morgan fingerprint density at radius 2 is 2.15 bits per heavy atom. The molecule has 1 rings (SSSR count). The van der Waals surface area contributed by atoms with Crippen LogP contribution in [0.1, 0.15) is 19.4 Å². The summed E-state index contributed by atoms with van der Waals surface area (Å²) in [5.74, 6) is 0.118. The highest BCUT2D eigenvalue weighted by Gasteiger charge is 2.02. The minimum Gasteiger partial charge on any atom is -0.506 e. The molecule has 0 saturated carbocycles. The SMILES string of the molecule is CC(C)Nc1ccc(C#N)cc1O. The number of rotatable bonds is 2. The van der Waals surface area contributed by atoms with Gasteiger partial charge in [-0.2, -0.15) is 5.26 Å². The fraction of sp³-hybridized carbons (Fsp3) is 0.300. The number of hydrogen-bond acceptors (Lipinski definition) is 3. The van der Waals surface area contributed by atoms with Crippen molar-refractivity contribution in [1.29, 1.82) is 5.26 Å². The topological polar surface area (TPSA) is 56.0 Å². The second-order valence-corrected chi connectivity index (χ2v) is 3.14. The zero-order chi connectivity index (χ0) is 9.84. The largest absolute Gasteiger partial charge is 0.506 e. The maximum atomic E-state index is 9.46. The van der Waals surface area contributed by atoms with E-state index in [1.54, 1.807) is 12.1 Å². The van der Waals surface area contributed by atoms with Gasteiger partial charge in [0, 0.05) is 6.04 Å². The van der Waals surface area contributed by atoms with E-state index in [2.05, 4.69) is 5.32 Å². The van der Waals surface area contributed by atoms with Crippen molar-refractivity contribution in [3.8, 4) is 11.8 Å². The Morgan fingerprint density at radius 3 is 2.62 bits per heavy atom. The molecule has 0 aliphatic rings. The molecular formula is C10H12N2O. The fourth-order valence-electron chi connectivity index (χ4n) is 1.03. The van der Waals surface area contributed by atoms with Crippen LogP contribution in [0.15, 0.2) is 18.2 Å². The number of nitrogens with zero attached hydrogens (tertiary/aromatic N) is 1. The van der Waals surface area contributed by atoms with Crippen molar-refractivity contribution < 1.29 is 5.11 Å². The number of phenolic OH excluding ortho intramolecular Hbond substituents is 1. The number of phenols is 1. The molecule has 0 saturated heterocycles. The van der Waals surface area contributed by atoms with E-state index in [-0.39, 0.29) is 11.8 Å². The van der Waals surface area contributed by atoms with Crippen LogP contribution in [0.5, 0.6) is 5.75 Å². The highest BCUT2D eigenvalue weighted by Crippen LogP contribution is 2.24. The molecule has 3 heteroatoms. The Hall–Kier alpha value is -1.69. The minimum atomic E-state index is 0.118. The quantitative estimate of drug-likeness (QED) is 0.678. The van der Waals surface area contributed by atoms with E-state index in [0.29, 0.717) is 11.3 Å². The first-order valence-electron chi connectivity index (χ1n) is 4.13. The molecule has 0 aromatic heterocycles. The summed E-state index contributed by atoms with van der Waals surface area (Å²) in [6.07, 6.45) is 0. The van der Waals surface area contributed by atoms with Crippen molar-refractivity contribution in [2.24, 2.45) is 0 Å². The van der Waals surface area contributed by atoms with Gasteiger partial charge in [-0.05, 0) is 32.0 Å². The van der Waals surface area contributed by atoms with Gasteiger partial charge in [-0.1, -0.05) is 0 Å². The van der Waals surface area contributed by atoms with Crippen LogP contribution in [0.3, 0.4) is 0 Å². The Kier molecular flexibility index (Phi) is 2.76. The molecule has 0 radical (unpaired) electrons. The van der Waals surface area contributed by atoms with Gasteiger partial charge in [-0.3, -0.25) is 0 Å². The van der Waals surface area contributed by atoms with E-state index in [1.807, 2.05) is 19.9 Å². The van der Waals surface area contributed by atoms with Gasteiger partial charge in [-0.25, -0.2) is 0 Å². The van der Waals surface area contributed by atoms with Gasteiger partial charge in [0.2, 0.25) is 0 Å². The summed E-state index contributed by atoms with van der Waals surface area (Å²) in [4.78, 5) is 0. The molecule has 0 spiro atoms. The van der Waals surface area contributed by atoms with E-state index >= 15 is 0 Å². The zero-order valence-corrected chi connectivity index (χ0v) is 7.70. The highest BCUT2D eigenvalue weighted by atomic mass is 16.3. The molecule has 1 aromatic carbocycles. The number of nitrogens with one attached hydrogen (secondary N) is 1. The van der Waals surface area contributed by atoms with Gasteiger partial charge in [0.25, 0.3) is 0 Å². The Balaban J connectivity index is 2.93. The lowest BCUT2D eigenvalue weighted by atomic mass is 10.2. The standard InChI is InChI=1S/C10H12N2O/c1-7(2)12-9-4-3-8(6-11)5-10(9)13/h3-5,7,12-13H,1-2H3. The third-order valence-electron chi connectivity index (χ3n) is 1.57. The summed E-state index contributed by atoms with van der Waals surface area (Å²) < 4.78 is 0. The zero-order valence-electron chi connectivity index (χ0n) is 7.70. The van der Waals surface area contributed by atoms with Gasteiger partial charge < -0.3 is 10.4 Å². The van der Waals surface area contributed by atoms with Crippen LogP contribution in [0.25, 0.3) is 0 Å². The van der Waals surface area contributed by atoms with Crippen LogP contribution in [0.4, 0.5) is 5.69 Å². The average molecular weight is 176 g/mol. The summed E-state index contributed by atoms with van der Waals surface area (Å²) in [5, 5.41) is 21.1. The average Bonchev–Trinajstić information content (AvgIpc) is 2.08. The van der Waals surface area contributed by atoms with Crippen molar-refractivity contribution in [1.82, 2.24) is 0 Å². The van der Waals surface area contributed by atoms with Crippen LogP contribution in [-0.2, 0) is 0 Å². The minimum absolute atomic E-state index is 0.118. The predicted molar refractivity (Wildman–Crippen MR) is 51.6 cm³/mol. The number of aromatic hydroxyl groups is 1. The molecule has 0 fully saturated rings. The molecular weight excluding hydrogens is 164 g/mol. The van der Waals surface area contributed by atoms with Crippen LogP contribution in [0.2, 0.25) is 0 Å². The molecule has 3 nitrogen and oxygen atoms in total. The van der Waals surface area contributed by atoms with E-state index in [0.717, 1.165) is 0 Å². The van der Waals surface area contributed by atoms with Crippen molar-refractivity contribution in [3.05, 3.63) is 23.8 Å². The third-order valence-corrected chi connectivity index (χ3v) is 1.57. The molecule has 13 heavy (non-hydrogen) atoms. The van der Waals surface area contributed by atoms with Gasteiger partial charge in [0.05, 0.1) is 17.3 Å². The molecule has 0 aliphatic heterocycles. The molecule has 1 aromatic rings. The summed E-state index contributed by atoms with van der Waals surface area (Å²) in [7, 11) is 0. The van der Waals surface area contributed by atoms with Crippen LogP contribution in [0, 0.1) is 11.3 Å². The van der Waals surface area contributed by atoms with Crippen LogP contribution < -0.4 is 5.32 Å². The predicted octanol–water partition coefficient (Wildman–Crippen LogP) is 2.08. The Morgan fingerprint density at radius 1 is 1.46 bits per heavy atom. The Bertz CT molecular complexity index is 339.